The zero-order chi connectivity index (χ0) is 20.5. The van der Waals surface area contributed by atoms with Crippen molar-refractivity contribution in [1.82, 2.24) is 0 Å². The number of benzene rings is 3. The van der Waals surface area contributed by atoms with Crippen LogP contribution >= 0.6 is 22.7 Å². The van der Waals surface area contributed by atoms with Gasteiger partial charge in [-0.05, 0) is 42.8 Å². The molecule has 0 radical (unpaired) electrons. The molecule has 4 heteroatoms. The van der Waals surface area contributed by atoms with Crippen LogP contribution in [0.25, 0.3) is 40.3 Å². The van der Waals surface area contributed by atoms with E-state index in [4.69, 9.17) is 4.74 Å². The van der Waals surface area contributed by atoms with Crippen LogP contribution in [0.15, 0.2) is 48.5 Å². The van der Waals surface area contributed by atoms with Crippen LogP contribution in [-0.4, -0.2) is 11.7 Å². The van der Waals surface area contributed by atoms with Gasteiger partial charge in [0.05, 0.1) is 16.0 Å². The van der Waals surface area contributed by atoms with Gasteiger partial charge in [-0.3, -0.25) is 0 Å². The van der Waals surface area contributed by atoms with Gasteiger partial charge in [0.1, 0.15) is 11.5 Å². The van der Waals surface area contributed by atoms with Crippen molar-refractivity contribution in [1.29, 1.82) is 0 Å². The molecule has 0 aliphatic heterocycles. The first-order valence-corrected chi connectivity index (χ1v) is 12.5. The second kappa shape index (κ2) is 8.44. The summed E-state index contributed by atoms with van der Waals surface area (Å²) in [5.74, 6) is 1.30. The molecule has 154 valence electrons. The molecule has 2 heterocycles. The molecule has 0 aliphatic rings. The Morgan fingerprint density at radius 2 is 1.30 bits per heavy atom. The number of fused-ring (bicyclic) bond motifs is 7. The Balaban J connectivity index is 1.42. The van der Waals surface area contributed by atoms with E-state index in [1.165, 1.54) is 67.7 Å². The van der Waals surface area contributed by atoms with E-state index in [2.05, 4.69) is 37.3 Å². The van der Waals surface area contributed by atoms with Crippen molar-refractivity contribution in [2.75, 3.05) is 6.61 Å². The maximum absolute atomic E-state index is 9.85. The molecular formula is C26H26O2S2. The van der Waals surface area contributed by atoms with Crippen molar-refractivity contribution >= 4 is 63.0 Å². The van der Waals surface area contributed by atoms with Crippen molar-refractivity contribution in [3.05, 3.63) is 48.5 Å². The lowest BCUT2D eigenvalue weighted by atomic mass is 10.1. The number of hydrogen-bond acceptors (Lipinski definition) is 4. The van der Waals surface area contributed by atoms with Gasteiger partial charge in [-0.15, -0.1) is 22.7 Å². The van der Waals surface area contributed by atoms with E-state index < -0.39 is 0 Å². The number of ether oxygens (including phenoxy) is 1. The molecule has 1 N–H and O–H groups in total. The monoisotopic (exact) mass is 434 g/mol. The molecule has 0 aliphatic carbocycles. The Kier molecular flexibility index (Phi) is 5.53. The zero-order valence-electron chi connectivity index (χ0n) is 17.2. The number of rotatable bonds is 8. The molecule has 0 unspecified atom stereocenters. The minimum atomic E-state index is 0.328. The summed E-state index contributed by atoms with van der Waals surface area (Å²) in [4.78, 5) is 0. The summed E-state index contributed by atoms with van der Waals surface area (Å²) in [6, 6.07) is 16.6. The lowest BCUT2D eigenvalue weighted by Crippen LogP contribution is -1.96. The van der Waals surface area contributed by atoms with E-state index in [1.807, 2.05) is 23.5 Å². The quantitative estimate of drug-likeness (QED) is 0.247. The van der Waals surface area contributed by atoms with Crippen molar-refractivity contribution in [3.8, 4) is 11.5 Å². The largest absolute Gasteiger partial charge is 0.508 e. The first kappa shape index (κ1) is 19.7. The summed E-state index contributed by atoms with van der Waals surface area (Å²) < 4.78 is 11.1. The van der Waals surface area contributed by atoms with Gasteiger partial charge in [0.15, 0.2) is 0 Å². The maximum Gasteiger partial charge on any atom is 0.120 e. The topological polar surface area (TPSA) is 29.5 Å². The van der Waals surface area contributed by atoms with Gasteiger partial charge in [0.25, 0.3) is 0 Å². The van der Waals surface area contributed by atoms with E-state index in [0.29, 0.717) is 5.75 Å². The van der Waals surface area contributed by atoms with Crippen molar-refractivity contribution in [2.45, 2.75) is 45.4 Å². The van der Waals surface area contributed by atoms with Crippen LogP contribution in [0.1, 0.15) is 45.4 Å². The Hall–Kier alpha value is -2.30. The molecule has 0 saturated carbocycles. The van der Waals surface area contributed by atoms with Gasteiger partial charge in [-0.2, -0.15) is 0 Å². The van der Waals surface area contributed by atoms with Gasteiger partial charge in [-0.1, -0.05) is 51.2 Å². The van der Waals surface area contributed by atoms with Crippen LogP contribution < -0.4 is 4.74 Å². The van der Waals surface area contributed by atoms with Gasteiger partial charge >= 0.3 is 0 Å². The molecule has 0 fully saturated rings. The first-order chi connectivity index (χ1) is 14.7. The third-order valence-corrected chi connectivity index (χ3v) is 8.30. The Labute approximate surface area is 184 Å². The zero-order valence-corrected chi connectivity index (χ0v) is 18.9. The van der Waals surface area contributed by atoms with Crippen LogP contribution in [0.5, 0.6) is 11.5 Å². The highest BCUT2D eigenvalue weighted by atomic mass is 32.1. The molecule has 3 aromatic carbocycles. The van der Waals surface area contributed by atoms with Crippen molar-refractivity contribution in [2.24, 2.45) is 0 Å². The minimum absolute atomic E-state index is 0.328. The first-order valence-electron chi connectivity index (χ1n) is 10.9. The molecule has 2 nitrogen and oxygen atoms in total. The van der Waals surface area contributed by atoms with Gasteiger partial charge in [0.2, 0.25) is 0 Å². The number of phenols is 1. The minimum Gasteiger partial charge on any atom is -0.508 e. The second-order valence-electron chi connectivity index (χ2n) is 7.98. The summed E-state index contributed by atoms with van der Waals surface area (Å²) in [5, 5.41) is 14.9. The molecule has 2 aromatic heterocycles. The third-order valence-electron chi connectivity index (χ3n) is 5.80. The van der Waals surface area contributed by atoms with Gasteiger partial charge in [0, 0.05) is 30.9 Å². The molecule has 0 bridgehead atoms. The summed E-state index contributed by atoms with van der Waals surface area (Å²) in [5.41, 5.74) is 0. The van der Waals surface area contributed by atoms with E-state index >= 15 is 0 Å². The molecule has 30 heavy (non-hydrogen) atoms. The van der Waals surface area contributed by atoms with Crippen LogP contribution in [0.2, 0.25) is 0 Å². The molecule has 0 saturated heterocycles. The number of unbranched alkanes of at least 4 members (excludes halogenated alkanes) is 5. The second-order valence-corrected chi connectivity index (χ2v) is 10.1. The number of hydrogen-bond donors (Lipinski definition) is 1. The van der Waals surface area contributed by atoms with E-state index in [-0.39, 0.29) is 0 Å². The molecule has 5 rings (SSSR count). The normalized spacial score (nSPS) is 11.9. The molecule has 0 amide bonds. The van der Waals surface area contributed by atoms with Crippen molar-refractivity contribution in [3.63, 3.8) is 0 Å². The Morgan fingerprint density at radius 3 is 2.03 bits per heavy atom. The molecule has 5 aromatic rings. The fraction of sp³-hybridized carbons (Fsp3) is 0.308. The van der Waals surface area contributed by atoms with Crippen LogP contribution in [0.3, 0.4) is 0 Å². The van der Waals surface area contributed by atoms with Gasteiger partial charge in [-0.25, -0.2) is 0 Å². The smallest absolute Gasteiger partial charge is 0.120 e. The molecular weight excluding hydrogens is 408 g/mol. The third kappa shape index (κ3) is 3.63. The highest BCUT2D eigenvalue weighted by Gasteiger charge is 2.13. The van der Waals surface area contributed by atoms with Crippen LogP contribution in [-0.2, 0) is 0 Å². The molecule has 0 atom stereocenters. The van der Waals surface area contributed by atoms with Gasteiger partial charge < -0.3 is 9.84 Å². The number of thiophene rings is 2. The van der Waals surface area contributed by atoms with Crippen LogP contribution in [0.4, 0.5) is 0 Å². The average Bonchev–Trinajstić information content (AvgIpc) is 3.30. The van der Waals surface area contributed by atoms with Crippen LogP contribution in [0, 0.1) is 0 Å². The SMILES string of the molecule is CCCCCCCCOc1ccc2c(c1)sc1c2ccc2c3ccc(O)cc3sc21. The summed E-state index contributed by atoms with van der Waals surface area (Å²) in [7, 11) is 0. The standard InChI is InChI=1S/C26H26O2S2/c1-2-3-4-5-6-7-14-28-18-9-11-20-22-13-12-21-19-10-8-17(27)15-23(19)29-25(21)26(22)30-24(20)16-18/h8-13,15-16,27H,2-7,14H2,1H3. The summed E-state index contributed by atoms with van der Waals surface area (Å²) in [6.07, 6.45) is 7.68. The fourth-order valence-electron chi connectivity index (χ4n) is 4.20. The molecule has 0 spiro atoms. The lowest BCUT2D eigenvalue weighted by Gasteiger charge is -2.06. The summed E-state index contributed by atoms with van der Waals surface area (Å²) >= 11 is 3.61. The Morgan fingerprint density at radius 1 is 0.700 bits per heavy atom. The predicted molar refractivity (Wildman–Crippen MR) is 133 cm³/mol. The average molecular weight is 435 g/mol. The lowest BCUT2D eigenvalue weighted by molar-refractivity contribution is 0.305. The van der Waals surface area contributed by atoms with E-state index in [1.54, 1.807) is 17.4 Å². The van der Waals surface area contributed by atoms with Crippen molar-refractivity contribution < 1.29 is 9.84 Å². The highest BCUT2D eigenvalue weighted by molar-refractivity contribution is 7.33. The van der Waals surface area contributed by atoms with E-state index in [9.17, 15) is 5.11 Å². The Bertz CT molecular complexity index is 1330. The fourth-order valence-corrected chi connectivity index (χ4v) is 6.80. The number of phenolic OH excluding ortho intramolecular Hbond substituents is 1. The van der Waals surface area contributed by atoms with E-state index in [0.717, 1.165) is 23.5 Å². The maximum atomic E-state index is 9.85. The highest BCUT2D eigenvalue weighted by Crippen LogP contribution is 2.45. The number of aromatic hydroxyl groups is 1. The predicted octanol–water partition coefficient (Wildman–Crippen LogP) is 8.87. The summed E-state index contributed by atoms with van der Waals surface area (Å²) in [6.45, 7) is 3.05.